The van der Waals surface area contributed by atoms with Crippen LogP contribution in [0.1, 0.15) is 23.7 Å². The SMILES string of the molecule is CCn1c2cc(OCc3c(F)c(F)c(F)c(F)c3F)ccc2c2cc[n+](Cc3ccccc3)c(C)c21. The molecular weight excluding hydrogens is 475 g/mol. The number of hydrogen-bond donors (Lipinski definition) is 0. The summed E-state index contributed by atoms with van der Waals surface area (Å²) in [6.07, 6.45) is 2.04. The van der Waals surface area contributed by atoms with Gasteiger partial charge in [-0.2, -0.15) is 4.57 Å². The van der Waals surface area contributed by atoms with Crippen LogP contribution in [-0.4, -0.2) is 4.57 Å². The van der Waals surface area contributed by atoms with Crippen molar-refractivity contribution in [2.45, 2.75) is 33.5 Å². The Morgan fingerprint density at radius 3 is 2.14 bits per heavy atom. The fourth-order valence-electron chi connectivity index (χ4n) is 4.63. The van der Waals surface area contributed by atoms with Crippen molar-refractivity contribution in [3.63, 3.8) is 0 Å². The van der Waals surface area contributed by atoms with Crippen LogP contribution in [0.4, 0.5) is 22.0 Å². The molecule has 0 saturated carbocycles. The molecule has 0 aliphatic carbocycles. The summed E-state index contributed by atoms with van der Waals surface area (Å²) in [5.74, 6) is -9.72. The smallest absolute Gasteiger partial charge is 0.203 e. The van der Waals surface area contributed by atoms with Gasteiger partial charge >= 0.3 is 0 Å². The maximum atomic E-state index is 14.0. The minimum absolute atomic E-state index is 0.249. The van der Waals surface area contributed by atoms with Crippen LogP contribution >= 0.6 is 0 Å². The van der Waals surface area contributed by atoms with Crippen LogP contribution in [0.5, 0.6) is 5.75 Å². The first kappa shape index (κ1) is 23.8. The van der Waals surface area contributed by atoms with Gasteiger partial charge in [0.2, 0.25) is 11.5 Å². The summed E-state index contributed by atoms with van der Waals surface area (Å²) in [5, 5.41) is 2.00. The molecule has 0 radical (unpaired) electrons. The summed E-state index contributed by atoms with van der Waals surface area (Å²) in [6, 6.07) is 17.3. The van der Waals surface area contributed by atoms with E-state index in [1.807, 2.05) is 37.4 Å². The standard InChI is InChI=1S/C28H22F5N2O/c1-3-35-22-13-18(36-15-21-23(29)25(31)27(33)26(32)24(21)30)9-10-19(22)20-11-12-34(16(2)28(20)35)14-17-7-5-4-6-8-17/h4-13H,3,14-15H2,1-2H3/q+1. The van der Waals surface area contributed by atoms with Crippen molar-refractivity contribution < 1.29 is 31.3 Å². The van der Waals surface area contributed by atoms with Gasteiger partial charge in [-0.15, -0.1) is 0 Å². The average molecular weight is 497 g/mol. The third-order valence-corrected chi connectivity index (χ3v) is 6.47. The Labute approximate surface area is 204 Å². The molecule has 0 spiro atoms. The highest BCUT2D eigenvalue weighted by Crippen LogP contribution is 2.33. The second-order valence-corrected chi connectivity index (χ2v) is 8.54. The van der Waals surface area contributed by atoms with Gasteiger partial charge < -0.3 is 9.30 Å². The summed E-state index contributed by atoms with van der Waals surface area (Å²) >= 11 is 0. The normalized spacial score (nSPS) is 11.5. The fraction of sp³-hybridized carbons (Fsp3) is 0.179. The van der Waals surface area contributed by atoms with E-state index in [1.54, 1.807) is 12.1 Å². The van der Waals surface area contributed by atoms with Gasteiger partial charge in [-0.25, -0.2) is 22.0 Å². The lowest BCUT2D eigenvalue weighted by atomic mass is 10.1. The molecule has 3 aromatic carbocycles. The molecule has 3 nitrogen and oxygen atoms in total. The molecule has 2 aromatic heterocycles. The number of pyridine rings is 1. The Balaban J connectivity index is 1.53. The zero-order valence-corrected chi connectivity index (χ0v) is 19.6. The maximum Gasteiger partial charge on any atom is 0.203 e. The third-order valence-electron chi connectivity index (χ3n) is 6.47. The van der Waals surface area contributed by atoms with E-state index >= 15 is 0 Å². The van der Waals surface area contributed by atoms with E-state index < -0.39 is 41.3 Å². The minimum atomic E-state index is -2.19. The molecule has 8 heteroatoms. The predicted octanol–water partition coefficient (Wildman–Crippen LogP) is 6.73. The van der Waals surface area contributed by atoms with Gasteiger partial charge in [-0.1, -0.05) is 30.3 Å². The van der Waals surface area contributed by atoms with Crippen molar-refractivity contribution in [2.24, 2.45) is 0 Å². The molecule has 184 valence electrons. The largest absolute Gasteiger partial charge is 0.489 e. The third kappa shape index (κ3) is 3.86. The quantitative estimate of drug-likeness (QED) is 0.110. The lowest BCUT2D eigenvalue weighted by Gasteiger charge is -2.11. The first-order valence-corrected chi connectivity index (χ1v) is 11.4. The minimum Gasteiger partial charge on any atom is -0.489 e. The molecule has 0 aliphatic heterocycles. The van der Waals surface area contributed by atoms with Crippen molar-refractivity contribution in [3.05, 3.63) is 107 Å². The summed E-state index contributed by atoms with van der Waals surface area (Å²) in [4.78, 5) is 0. The molecule has 0 N–H and O–H groups in total. The molecule has 36 heavy (non-hydrogen) atoms. The van der Waals surface area contributed by atoms with Crippen LogP contribution in [0.2, 0.25) is 0 Å². The molecule has 2 heterocycles. The van der Waals surface area contributed by atoms with Crippen molar-refractivity contribution in [3.8, 4) is 5.75 Å². The Kier molecular flexibility index (Phi) is 6.12. The van der Waals surface area contributed by atoms with Gasteiger partial charge in [-0.3, -0.25) is 0 Å². The van der Waals surface area contributed by atoms with Crippen LogP contribution < -0.4 is 9.30 Å². The van der Waals surface area contributed by atoms with E-state index in [9.17, 15) is 22.0 Å². The molecule has 0 fully saturated rings. The van der Waals surface area contributed by atoms with Crippen LogP contribution in [-0.2, 0) is 19.7 Å². The first-order chi connectivity index (χ1) is 17.3. The van der Waals surface area contributed by atoms with Gasteiger partial charge in [-0.05, 0) is 19.1 Å². The zero-order valence-electron chi connectivity index (χ0n) is 19.6. The fourth-order valence-corrected chi connectivity index (χ4v) is 4.63. The monoisotopic (exact) mass is 497 g/mol. The van der Waals surface area contributed by atoms with Crippen molar-refractivity contribution >= 4 is 21.8 Å². The molecule has 5 rings (SSSR count). The van der Waals surface area contributed by atoms with Crippen molar-refractivity contribution in [1.29, 1.82) is 0 Å². The zero-order chi connectivity index (χ0) is 25.6. The van der Waals surface area contributed by atoms with E-state index in [4.69, 9.17) is 4.74 Å². The summed E-state index contributed by atoms with van der Waals surface area (Å²) in [5.41, 5.74) is 3.11. The number of nitrogens with zero attached hydrogens (tertiary/aromatic N) is 2. The lowest BCUT2D eigenvalue weighted by Crippen LogP contribution is -2.37. The highest BCUT2D eigenvalue weighted by atomic mass is 19.2. The second kappa shape index (κ2) is 9.26. The Morgan fingerprint density at radius 1 is 0.806 bits per heavy atom. The van der Waals surface area contributed by atoms with Crippen LogP contribution in [0.3, 0.4) is 0 Å². The van der Waals surface area contributed by atoms with E-state index in [-0.39, 0.29) is 5.75 Å². The second-order valence-electron chi connectivity index (χ2n) is 8.54. The molecule has 0 amide bonds. The highest BCUT2D eigenvalue weighted by molar-refractivity contribution is 6.08. The Morgan fingerprint density at radius 2 is 1.47 bits per heavy atom. The van der Waals surface area contributed by atoms with Gasteiger partial charge in [0, 0.05) is 41.9 Å². The summed E-state index contributed by atoms with van der Waals surface area (Å²) in [7, 11) is 0. The molecule has 0 aliphatic rings. The lowest BCUT2D eigenvalue weighted by molar-refractivity contribution is -0.693. The summed E-state index contributed by atoms with van der Waals surface area (Å²) in [6.45, 7) is 4.62. The van der Waals surface area contributed by atoms with Crippen LogP contribution in [0.25, 0.3) is 21.8 Å². The van der Waals surface area contributed by atoms with Gasteiger partial charge in [0.05, 0.1) is 11.1 Å². The van der Waals surface area contributed by atoms with Crippen LogP contribution in [0, 0.1) is 36.0 Å². The van der Waals surface area contributed by atoms with Gasteiger partial charge in [0.25, 0.3) is 0 Å². The van der Waals surface area contributed by atoms with E-state index in [1.165, 1.54) is 5.56 Å². The van der Waals surface area contributed by atoms with Crippen LogP contribution in [0.15, 0.2) is 60.8 Å². The van der Waals surface area contributed by atoms with Crippen molar-refractivity contribution in [1.82, 2.24) is 4.57 Å². The number of fused-ring (bicyclic) bond motifs is 3. The number of halogens is 5. The Bertz CT molecular complexity index is 1580. The number of benzene rings is 3. The molecule has 0 bridgehead atoms. The highest BCUT2D eigenvalue weighted by Gasteiger charge is 2.26. The average Bonchev–Trinajstić information content (AvgIpc) is 3.22. The van der Waals surface area contributed by atoms with E-state index in [0.717, 1.165) is 27.5 Å². The van der Waals surface area contributed by atoms with E-state index in [0.29, 0.717) is 13.1 Å². The maximum absolute atomic E-state index is 14.0. The molecule has 0 atom stereocenters. The van der Waals surface area contributed by atoms with Gasteiger partial charge in [0.15, 0.2) is 36.0 Å². The van der Waals surface area contributed by atoms with Crippen molar-refractivity contribution in [2.75, 3.05) is 0 Å². The molecule has 0 saturated heterocycles. The number of ether oxygens (including phenoxy) is 1. The topological polar surface area (TPSA) is 18.0 Å². The van der Waals surface area contributed by atoms with Gasteiger partial charge in [0.1, 0.15) is 17.9 Å². The molecular formula is C28H22F5N2O+. The number of aryl methyl sites for hydroxylation is 2. The Hall–Kier alpha value is -3.94. The predicted molar refractivity (Wildman–Crippen MR) is 126 cm³/mol. The number of rotatable bonds is 6. The number of hydrogen-bond acceptors (Lipinski definition) is 1. The summed E-state index contributed by atoms with van der Waals surface area (Å²) < 4.78 is 78.3. The number of aromatic nitrogens is 2. The van der Waals surface area contributed by atoms with E-state index in [2.05, 4.69) is 34.3 Å². The first-order valence-electron chi connectivity index (χ1n) is 11.4. The molecule has 5 aromatic rings. The molecule has 0 unspecified atom stereocenters.